The maximum atomic E-state index is 11.9. The van der Waals surface area contributed by atoms with E-state index in [4.69, 9.17) is 5.11 Å². The van der Waals surface area contributed by atoms with Crippen molar-refractivity contribution in [2.45, 2.75) is 19.8 Å². The van der Waals surface area contributed by atoms with Crippen LogP contribution in [0, 0.1) is 6.92 Å². The number of carboxylic acids is 1. The van der Waals surface area contributed by atoms with Crippen LogP contribution in [0.2, 0.25) is 0 Å². The van der Waals surface area contributed by atoms with E-state index in [1.807, 2.05) is 19.1 Å². The number of amides is 1. The summed E-state index contributed by atoms with van der Waals surface area (Å²) in [5.74, 6) is -1.16. The Labute approximate surface area is 122 Å². The van der Waals surface area contributed by atoms with E-state index in [0.717, 1.165) is 11.1 Å². The molecule has 0 saturated heterocycles. The van der Waals surface area contributed by atoms with Crippen LogP contribution >= 0.6 is 0 Å². The molecule has 5 heteroatoms. The molecule has 108 valence electrons. The predicted molar refractivity (Wildman–Crippen MR) is 79.3 cm³/mol. The Morgan fingerprint density at radius 1 is 1.29 bits per heavy atom. The molecule has 21 heavy (non-hydrogen) atoms. The fourth-order valence-electron chi connectivity index (χ4n) is 1.91. The third-order valence-electron chi connectivity index (χ3n) is 3.12. The van der Waals surface area contributed by atoms with Crippen LogP contribution < -0.4 is 5.32 Å². The van der Waals surface area contributed by atoms with Crippen molar-refractivity contribution >= 4 is 17.6 Å². The first-order valence-corrected chi connectivity index (χ1v) is 6.59. The van der Waals surface area contributed by atoms with Gasteiger partial charge < -0.3 is 10.4 Å². The quantitative estimate of drug-likeness (QED) is 0.884. The number of aromatic carboxylic acids is 1. The lowest BCUT2D eigenvalue weighted by Gasteiger charge is -2.09. The SMILES string of the molecule is Cc1ccc(C(=O)O)cc1NC(=O)CCc1cccnc1. The highest BCUT2D eigenvalue weighted by atomic mass is 16.4. The Morgan fingerprint density at radius 3 is 2.76 bits per heavy atom. The van der Waals surface area contributed by atoms with Gasteiger partial charge in [0.25, 0.3) is 0 Å². The van der Waals surface area contributed by atoms with Crippen LogP contribution in [0.1, 0.15) is 27.9 Å². The smallest absolute Gasteiger partial charge is 0.335 e. The van der Waals surface area contributed by atoms with Gasteiger partial charge in [0.15, 0.2) is 0 Å². The maximum absolute atomic E-state index is 11.9. The van der Waals surface area contributed by atoms with Gasteiger partial charge in [0, 0.05) is 24.5 Å². The highest BCUT2D eigenvalue weighted by molar-refractivity contribution is 5.94. The normalized spacial score (nSPS) is 10.1. The second-order valence-electron chi connectivity index (χ2n) is 4.74. The van der Waals surface area contributed by atoms with Crippen molar-refractivity contribution in [3.05, 3.63) is 59.4 Å². The van der Waals surface area contributed by atoms with Crippen molar-refractivity contribution in [2.24, 2.45) is 0 Å². The summed E-state index contributed by atoms with van der Waals surface area (Å²) < 4.78 is 0. The summed E-state index contributed by atoms with van der Waals surface area (Å²) in [5, 5.41) is 11.7. The highest BCUT2D eigenvalue weighted by Crippen LogP contribution is 2.17. The van der Waals surface area contributed by atoms with E-state index in [-0.39, 0.29) is 11.5 Å². The minimum atomic E-state index is -1.01. The molecule has 1 aromatic carbocycles. The number of carbonyl (C=O) groups is 2. The number of rotatable bonds is 5. The molecule has 0 fully saturated rings. The second-order valence-corrected chi connectivity index (χ2v) is 4.74. The van der Waals surface area contributed by atoms with Gasteiger partial charge in [-0.05, 0) is 42.7 Å². The fraction of sp³-hybridized carbons (Fsp3) is 0.188. The number of nitrogens with one attached hydrogen (secondary N) is 1. The molecule has 2 aromatic rings. The Bertz CT molecular complexity index is 654. The zero-order chi connectivity index (χ0) is 15.2. The molecule has 0 aliphatic rings. The van der Waals surface area contributed by atoms with Gasteiger partial charge in [-0.3, -0.25) is 9.78 Å². The van der Waals surface area contributed by atoms with Crippen molar-refractivity contribution in [3.63, 3.8) is 0 Å². The lowest BCUT2D eigenvalue weighted by Crippen LogP contribution is -2.14. The molecule has 0 saturated carbocycles. The molecule has 0 bridgehead atoms. The van der Waals surface area contributed by atoms with Crippen molar-refractivity contribution in [1.82, 2.24) is 4.98 Å². The number of anilines is 1. The summed E-state index contributed by atoms with van der Waals surface area (Å²) in [6.07, 6.45) is 4.33. The van der Waals surface area contributed by atoms with E-state index >= 15 is 0 Å². The number of aromatic nitrogens is 1. The first kappa shape index (κ1) is 14.7. The third kappa shape index (κ3) is 4.14. The standard InChI is InChI=1S/C16H16N2O3/c1-11-4-6-13(16(20)21)9-14(11)18-15(19)7-5-12-3-2-8-17-10-12/h2-4,6,8-10H,5,7H2,1H3,(H,18,19)(H,20,21). The number of nitrogens with zero attached hydrogens (tertiary/aromatic N) is 1. The molecule has 1 aromatic heterocycles. The van der Waals surface area contributed by atoms with Gasteiger partial charge in [0.05, 0.1) is 5.56 Å². The molecule has 2 rings (SSSR count). The van der Waals surface area contributed by atoms with Crippen molar-refractivity contribution < 1.29 is 14.7 Å². The molecule has 0 radical (unpaired) electrons. The molecule has 0 aliphatic heterocycles. The molecule has 0 atom stereocenters. The van der Waals surface area contributed by atoms with Crippen LogP contribution in [0.15, 0.2) is 42.7 Å². The maximum Gasteiger partial charge on any atom is 0.335 e. The topological polar surface area (TPSA) is 79.3 Å². The van der Waals surface area contributed by atoms with Crippen LogP contribution in [0.4, 0.5) is 5.69 Å². The molecular formula is C16H16N2O3. The van der Waals surface area contributed by atoms with Gasteiger partial charge in [0.1, 0.15) is 0 Å². The van der Waals surface area contributed by atoms with Crippen LogP contribution in [0.5, 0.6) is 0 Å². The number of pyridine rings is 1. The largest absolute Gasteiger partial charge is 0.478 e. The van der Waals surface area contributed by atoms with E-state index in [2.05, 4.69) is 10.3 Å². The zero-order valence-electron chi connectivity index (χ0n) is 11.7. The van der Waals surface area contributed by atoms with E-state index in [1.54, 1.807) is 18.5 Å². The van der Waals surface area contributed by atoms with E-state index in [1.165, 1.54) is 12.1 Å². The molecule has 1 heterocycles. The summed E-state index contributed by atoms with van der Waals surface area (Å²) in [7, 11) is 0. The monoisotopic (exact) mass is 284 g/mol. The van der Waals surface area contributed by atoms with Crippen molar-refractivity contribution in [2.75, 3.05) is 5.32 Å². The average molecular weight is 284 g/mol. The average Bonchev–Trinajstić information content (AvgIpc) is 2.48. The van der Waals surface area contributed by atoms with Gasteiger partial charge in [-0.25, -0.2) is 4.79 Å². The van der Waals surface area contributed by atoms with Crippen LogP contribution in [-0.4, -0.2) is 22.0 Å². The molecule has 0 spiro atoms. The molecule has 1 amide bonds. The lowest BCUT2D eigenvalue weighted by atomic mass is 10.1. The number of hydrogen-bond acceptors (Lipinski definition) is 3. The fourth-order valence-corrected chi connectivity index (χ4v) is 1.91. The van der Waals surface area contributed by atoms with Gasteiger partial charge in [-0.15, -0.1) is 0 Å². The van der Waals surface area contributed by atoms with Crippen LogP contribution in [0.3, 0.4) is 0 Å². The lowest BCUT2D eigenvalue weighted by molar-refractivity contribution is -0.116. The summed E-state index contributed by atoms with van der Waals surface area (Å²) in [4.78, 5) is 26.9. The van der Waals surface area contributed by atoms with E-state index in [0.29, 0.717) is 18.5 Å². The number of hydrogen-bond donors (Lipinski definition) is 2. The molecule has 2 N–H and O–H groups in total. The summed E-state index contributed by atoms with van der Waals surface area (Å²) in [6.45, 7) is 1.82. The van der Waals surface area contributed by atoms with Gasteiger partial charge in [-0.1, -0.05) is 12.1 Å². The van der Waals surface area contributed by atoms with Gasteiger partial charge in [0.2, 0.25) is 5.91 Å². The number of benzene rings is 1. The second kappa shape index (κ2) is 6.65. The molecule has 5 nitrogen and oxygen atoms in total. The van der Waals surface area contributed by atoms with E-state index < -0.39 is 5.97 Å². The number of aryl methyl sites for hydroxylation is 2. The Kier molecular flexibility index (Phi) is 4.66. The summed E-state index contributed by atoms with van der Waals surface area (Å²) in [5.41, 5.74) is 2.51. The summed E-state index contributed by atoms with van der Waals surface area (Å²) >= 11 is 0. The Morgan fingerprint density at radius 2 is 2.10 bits per heavy atom. The van der Waals surface area contributed by atoms with Gasteiger partial charge in [-0.2, -0.15) is 0 Å². The first-order valence-electron chi connectivity index (χ1n) is 6.59. The number of carboxylic acid groups (broad SMARTS) is 1. The van der Waals surface area contributed by atoms with Gasteiger partial charge >= 0.3 is 5.97 Å². The Hall–Kier alpha value is -2.69. The van der Waals surface area contributed by atoms with Crippen LogP contribution in [0.25, 0.3) is 0 Å². The summed E-state index contributed by atoms with van der Waals surface area (Å²) in [6, 6.07) is 8.41. The van der Waals surface area contributed by atoms with Crippen molar-refractivity contribution in [3.8, 4) is 0 Å². The minimum absolute atomic E-state index is 0.149. The van der Waals surface area contributed by atoms with Crippen molar-refractivity contribution in [1.29, 1.82) is 0 Å². The predicted octanol–water partition coefficient (Wildman–Crippen LogP) is 2.66. The zero-order valence-corrected chi connectivity index (χ0v) is 11.7. The third-order valence-corrected chi connectivity index (χ3v) is 3.12. The van der Waals surface area contributed by atoms with E-state index in [9.17, 15) is 9.59 Å². The number of carbonyl (C=O) groups excluding carboxylic acids is 1. The van der Waals surface area contributed by atoms with Crippen LogP contribution in [-0.2, 0) is 11.2 Å². The highest BCUT2D eigenvalue weighted by Gasteiger charge is 2.09. The minimum Gasteiger partial charge on any atom is -0.478 e. The molecule has 0 aliphatic carbocycles. The molecular weight excluding hydrogens is 268 g/mol. The molecule has 0 unspecified atom stereocenters. The first-order chi connectivity index (χ1) is 10.1. The Balaban J connectivity index is 1.99.